The fraction of sp³-hybridized carbons (Fsp3) is 0. The minimum Gasteiger partial charge on any atom is -0.248 e. The van der Waals surface area contributed by atoms with Gasteiger partial charge in [0.1, 0.15) is 5.82 Å². The zero-order chi connectivity index (χ0) is 13.1. The fourth-order valence-electron chi connectivity index (χ4n) is 1.95. The number of hydrogen-bond acceptors (Lipinski definition) is 1. The maximum Gasteiger partial charge on any atom is 0.123 e. The number of hydrogen-bond donors (Lipinski definition) is 0. The van der Waals surface area contributed by atoms with Gasteiger partial charge in [-0.3, -0.25) is 0 Å². The highest BCUT2D eigenvalue weighted by molar-refractivity contribution is 5.80. The van der Waals surface area contributed by atoms with Gasteiger partial charge in [-0.25, -0.2) is 9.37 Å². The van der Waals surface area contributed by atoms with Gasteiger partial charge in [-0.05, 0) is 35.9 Å². The van der Waals surface area contributed by atoms with E-state index < -0.39 is 0 Å². The van der Waals surface area contributed by atoms with Crippen molar-refractivity contribution in [2.45, 2.75) is 0 Å². The van der Waals surface area contributed by atoms with Gasteiger partial charge in [-0.1, -0.05) is 42.5 Å². The molecule has 1 heterocycles. The van der Waals surface area contributed by atoms with Gasteiger partial charge in [0, 0.05) is 5.39 Å². The van der Waals surface area contributed by atoms with Crippen LogP contribution in [0.15, 0.2) is 60.7 Å². The van der Waals surface area contributed by atoms with Gasteiger partial charge >= 0.3 is 0 Å². The summed E-state index contributed by atoms with van der Waals surface area (Å²) in [6, 6.07) is 18.4. The molecule has 0 saturated carbocycles. The van der Waals surface area contributed by atoms with Crippen molar-refractivity contribution in [1.82, 2.24) is 4.98 Å². The fourth-order valence-corrected chi connectivity index (χ4v) is 1.95. The highest BCUT2D eigenvalue weighted by Crippen LogP contribution is 2.15. The van der Waals surface area contributed by atoms with Gasteiger partial charge in [0.15, 0.2) is 0 Å². The largest absolute Gasteiger partial charge is 0.248 e. The summed E-state index contributed by atoms with van der Waals surface area (Å²) in [7, 11) is 0. The molecule has 19 heavy (non-hydrogen) atoms. The second-order valence-electron chi connectivity index (χ2n) is 4.32. The number of rotatable bonds is 2. The molecule has 1 nitrogen and oxygen atoms in total. The van der Waals surface area contributed by atoms with Crippen LogP contribution in [0.3, 0.4) is 0 Å². The normalized spacial score (nSPS) is 11.2. The van der Waals surface area contributed by atoms with Crippen molar-refractivity contribution in [3.63, 3.8) is 0 Å². The molecule has 3 aromatic rings. The van der Waals surface area contributed by atoms with E-state index in [2.05, 4.69) is 4.98 Å². The third-order valence-corrected chi connectivity index (χ3v) is 2.92. The number of aromatic nitrogens is 1. The van der Waals surface area contributed by atoms with E-state index in [0.717, 1.165) is 22.2 Å². The van der Waals surface area contributed by atoms with Crippen molar-refractivity contribution < 1.29 is 4.39 Å². The van der Waals surface area contributed by atoms with Crippen LogP contribution < -0.4 is 0 Å². The molecule has 0 aliphatic rings. The van der Waals surface area contributed by atoms with Gasteiger partial charge in [-0.15, -0.1) is 0 Å². The summed E-state index contributed by atoms with van der Waals surface area (Å²) < 4.78 is 13.1. The number of benzene rings is 2. The molecule has 0 saturated heterocycles. The Labute approximate surface area is 111 Å². The lowest BCUT2D eigenvalue weighted by Gasteiger charge is -1.99. The molecule has 0 bridgehead atoms. The Kier molecular flexibility index (Phi) is 3.07. The maximum atomic E-state index is 13.1. The Balaban J connectivity index is 1.94. The molecular formula is C17H12FN. The number of halogens is 1. The zero-order valence-corrected chi connectivity index (χ0v) is 10.3. The molecule has 0 atom stereocenters. The van der Waals surface area contributed by atoms with Crippen molar-refractivity contribution >= 4 is 23.1 Å². The summed E-state index contributed by atoms with van der Waals surface area (Å²) >= 11 is 0. The second kappa shape index (κ2) is 5.02. The lowest BCUT2D eigenvalue weighted by molar-refractivity contribution is 0.629. The monoisotopic (exact) mass is 249 g/mol. The van der Waals surface area contributed by atoms with Gasteiger partial charge in [-0.2, -0.15) is 0 Å². The molecular weight excluding hydrogens is 237 g/mol. The molecule has 0 unspecified atom stereocenters. The van der Waals surface area contributed by atoms with E-state index in [1.165, 1.54) is 12.1 Å². The molecule has 92 valence electrons. The summed E-state index contributed by atoms with van der Waals surface area (Å²) in [4.78, 5) is 4.48. The first kappa shape index (κ1) is 11.6. The quantitative estimate of drug-likeness (QED) is 0.649. The molecule has 0 aliphatic carbocycles. The average Bonchev–Trinajstić information content (AvgIpc) is 2.46. The topological polar surface area (TPSA) is 12.9 Å². The van der Waals surface area contributed by atoms with Crippen molar-refractivity contribution in [1.29, 1.82) is 0 Å². The van der Waals surface area contributed by atoms with Gasteiger partial charge in [0.25, 0.3) is 0 Å². The van der Waals surface area contributed by atoms with Gasteiger partial charge in [0.05, 0.1) is 11.2 Å². The van der Waals surface area contributed by atoms with E-state index in [1.54, 1.807) is 6.07 Å². The third-order valence-electron chi connectivity index (χ3n) is 2.92. The van der Waals surface area contributed by atoms with E-state index in [1.807, 2.05) is 54.6 Å². The van der Waals surface area contributed by atoms with E-state index in [4.69, 9.17) is 0 Å². The summed E-state index contributed by atoms with van der Waals surface area (Å²) in [5.74, 6) is -0.234. The van der Waals surface area contributed by atoms with Gasteiger partial charge in [0.2, 0.25) is 0 Å². The van der Waals surface area contributed by atoms with Crippen molar-refractivity contribution in [2.24, 2.45) is 0 Å². The highest BCUT2D eigenvalue weighted by atomic mass is 19.1. The van der Waals surface area contributed by atoms with Gasteiger partial charge < -0.3 is 0 Å². The third kappa shape index (κ3) is 2.68. The van der Waals surface area contributed by atoms with Crippen LogP contribution in [0.1, 0.15) is 11.3 Å². The molecule has 0 fully saturated rings. The van der Waals surface area contributed by atoms with Crippen LogP contribution in [-0.4, -0.2) is 4.98 Å². The minimum absolute atomic E-state index is 0.234. The van der Waals surface area contributed by atoms with Crippen molar-refractivity contribution in [3.05, 3.63) is 77.7 Å². The SMILES string of the molecule is Fc1ccc2nc(/C=C/c3ccccc3)ccc2c1. The highest BCUT2D eigenvalue weighted by Gasteiger charge is 1.97. The molecule has 1 aromatic heterocycles. The van der Waals surface area contributed by atoms with Crippen LogP contribution >= 0.6 is 0 Å². The van der Waals surface area contributed by atoms with Crippen LogP contribution in [0.25, 0.3) is 23.1 Å². The molecule has 0 spiro atoms. The number of pyridine rings is 1. The van der Waals surface area contributed by atoms with Crippen LogP contribution in [0.4, 0.5) is 4.39 Å². The Bertz CT molecular complexity index is 733. The smallest absolute Gasteiger partial charge is 0.123 e. The first-order chi connectivity index (χ1) is 9.31. The first-order valence-corrected chi connectivity index (χ1v) is 6.11. The van der Waals surface area contributed by atoms with E-state index in [0.29, 0.717) is 0 Å². The molecule has 0 amide bonds. The molecule has 2 aromatic carbocycles. The average molecular weight is 249 g/mol. The minimum atomic E-state index is -0.234. The lowest BCUT2D eigenvalue weighted by Crippen LogP contribution is -1.84. The lowest BCUT2D eigenvalue weighted by atomic mass is 10.1. The second-order valence-corrected chi connectivity index (χ2v) is 4.32. The van der Waals surface area contributed by atoms with E-state index in [-0.39, 0.29) is 5.82 Å². The van der Waals surface area contributed by atoms with Crippen LogP contribution in [0, 0.1) is 5.82 Å². The van der Waals surface area contributed by atoms with E-state index >= 15 is 0 Å². The Hall–Kier alpha value is -2.48. The number of nitrogens with zero attached hydrogens (tertiary/aromatic N) is 1. The Morgan fingerprint density at radius 1 is 0.842 bits per heavy atom. The predicted octanol–water partition coefficient (Wildman–Crippen LogP) is 4.54. The molecule has 3 rings (SSSR count). The predicted molar refractivity (Wildman–Crippen MR) is 77.1 cm³/mol. The van der Waals surface area contributed by atoms with Crippen LogP contribution in [0.5, 0.6) is 0 Å². The first-order valence-electron chi connectivity index (χ1n) is 6.11. The molecule has 0 radical (unpaired) electrons. The van der Waals surface area contributed by atoms with E-state index in [9.17, 15) is 4.39 Å². The Morgan fingerprint density at radius 3 is 2.53 bits per heavy atom. The van der Waals surface area contributed by atoms with Crippen molar-refractivity contribution in [2.75, 3.05) is 0 Å². The molecule has 0 N–H and O–H groups in total. The Morgan fingerprint density at radius 2 is 1.68 bits per heavy atom. The maximum absolute atomic E-state index is 13.1. The summed E-state index contributed by atoms with van der Waals surface area (Å²) in [6.45, 7) is 0. The summed E-state index contributed by atoms with van der Waals surface area (Å²) in [6.07, 6.45) is 3.97. The molecule has 2 heteroatoms. The summed E-state index contributed by atoms with van der Waals surface area (Å²) in [5, 5.41) is 0.817. The standard InChI is InChI=1S/C17H12FN/c18-15-8-11-17-14(12-15)7-10-16(19-17)9-6-13-4-2-1-3-5-13/h1-12H/b9-6+. The van der Waals surface area contributed by atoms with Crippen LogP contribution in [0.2, 0.25) is 0 Å². The van der Waals surface area contributed by atoms with Crippen molar-refractivity contribution in [3.8, 4) is 0 Å². The molecule has 0 aliphatic heterocycles. The zero-order valence-electron chi connectivity index (χ0n) is 10.3. The number of fused-ring (bicyclic) bond motifs is 1. The summed E-state index contributed by atoms with van der Waals surface area (Å²) in [5.41, 5.74) is 2.79. The van der Waals surface area contributed by atoms with Crippen LogP contribution in [-0.2, 0) is 0 Å².